The second kappa shape index (κ2) is 4.60. The molecule has 2 aromatic heterocycles. The van der Waals surface area contributed by atoms with Crippen LogP contribution in [-0.4, -0.2) is 9.97 Å². The molecule has 0 aromatic carbocycles. The zero-order valence-corrected chi connectivity index (χ0v) is 9.65. The predicted molar refractivity (Wildman–Crippen MR) is 64.3 cm³/mol. The minimum atomic E-state index is -0.332. The number of hydrogen-bond donors (Lipinski definition) is 1. The summed E-state index contributed by atoms with van der Waals surface area (Å²) in [5.41, 5.74) is 8.76. The molecular formula is C12H12ClN3. The van der Waals surface area contributed by atoms with Crippen LogP contribution in [0.15, 0.2) is 36.8 Å². The SMILES string of the molecule is Cc1cncc(C(N)c2ncccc2Cl)c1. The Balaban J connectivity index is 2.39. The van der Waals surface area contributed by atoms with Crippen molar-refractivity contribution in [3.8, 4) is 0 Å². The summed E-state index contributed by atoms with van der Waals surface area (Å²) in [7, 11) is 0. The first-order valence-electron chi connectivity index (χ1n) is 4.96. The Labute approximate surface area is 99.3 Å². The Morgan fingerprint density at radius 1 is 1.38 bits per heavy atom. The fraction of sp³-hybridized carbons (Fsp3) is 0.167. The van der Waals surface area contributed by atoms with Gasteiger partial charge in [-0.1, -0.05) is 17.7 Å². The maximum absolute atomic E-state index is 6.10. The van der Waals surface area contributed by atoms with Gasteiger partial charge in [0.25, 0.3) is 0 Å². The van der Waals surface area contributed by atoms with Crippen LogP contribution in [0.4, 0.5) is 0 Å². The maximum Gasteiger partial charge on any atom is 0.0802 e. The number of nitrogens with two attached hydrogens (primary N) is 1. The van der Waals surface area contributed by atoms with Crippen LogP contribution in [0.3, 0.4) is 0 Å². The number of aryl methyl sites for hydroxylation is 1. The fourth-order valence-electron chi connectivity index (χ4n) is 1.53. The summed E-state index contributed by atoms with van der Waals surface area (Å²) in [5, 5.41) is 0.580. The number of halogens is 1. The molecule has 0 saturated heterocycles. The van der Waals surface area contributed by atoms with Crippen LogP contribution in [0.2, 0.25) is 5.02 Å². The van der Waals surface area contributed by atoms with Gasteiger partial charge in [-0.25, -0.2) is 0 Å². The molecule has 3 nitrogen and oxygen atoms in total. The molecule has 0 amide bonds. The molecule has 82 valence electrons. The third kappa shape index (κ3) is 2.21. The summed E-state index contributed by atoms with van der Waals surface area (Å²) in [4.78, 5) is 8.31. The Kier molecular flexibility index (Phi) is 3.17. The van der Waals surface area contributed by atoms with Crippen molar-refractivity contribution >= 4 is 11.6 Å². The van der Waals surface area contributed by atoms with Gasteiger partial charge >= 0.3 is 0 Å². The largest absolute Gasteiger partial charge is 0.319 e. The van der Waals surface area contributed by atoms with Crippen molar-refractivity contribution in [1.29, 1.82) is 0 Å². The third-order valence-corrected chi connectivity index (χ3v) is 2.66. The van der Waals surface area contributed by atoms with E-state index in [9.17, 15) is 0 Å². The van der Waals surface area contributed by atoms with E-state index in [4.69, 9.17) is 17.3 Å². The molecule has 0 aliphatic carbocycles. The smallest absolute Gasteiger partial charge is 0.0802 e. The van der Waals surface area contributed by atoms with E-state index in [0.29, 0.717) is 10.7 Å². The average molecular weight is 234 g/mol. The number of hydrogen-bond acceptors (Lipinski definition) is 3. The lowest BCUT2D eigenvalue weighted by Gasteiger charge is -2.12. The molecule has 4 heteroatoms. The van der Waals surface area contributed by atoms with Crippen molar-refractivity contribution in [2.24, 2.45) is 5.73 Å². The van der Waals surface area contributed by atoms with Gasteiger partial charge in [0, 0.05) is 18.6 Å². The highest BCUT2D eigenvalue weighted by molar-refractivity contribution is 6.31. The molecule has 0 saturated carbocycles. The van der Waals surface area contributed by atoms with E-state index < -0.39 is 0 Å². The molecule has 0 bridgehead atoms. The summed E-state index contributed by atoms with van der Waals surface area (Å²) in [6.07, 6.45) is 5.21. The van der Waals surface area contributed by atoms with Gasteiger partial charge in [-0.05, 0) is 30.2 Å². The summed E-state index contributed by atoms with van der Waals surface area (Å²) >= 11 is 6.05. The van der Waals surface area contributed by atoms with Crippen LogP contribution in [0.25, 0.3) is 0 Å². The minimum Gasteiger partial charge on any atom is -0.319 e. The van der Waals surface area contributed by atoms with Crippen LogP contribution in [0.5, 0.6) is 0 Å². The molecule has 16 heavy (non-hydrogen) atoms. The molecule has 0 aliphatic rings. The van der Waals surface area contributed by atoms with Crippen LogP contribution >= 0.6 is 11.6 Å². The highest BCUT2D eigenvalue weighted by atomic mass is 35.5. The number of aromatic nitrogens is 2. The average Bonchev–Trinajstić information content (AvgIpc) is 2.29. The Morgan fingerprint density at radius 2 is 2.19 bits per heavy atom. The summed E-state index contributed by atoms with van der Waals surface area (Å²) in [6, 6.07) is 5.23. The van der Waals surface area contributed by atoms with Gasteiger partial charge in [0.2, 0.25) is 0 Å². The molecule has 2 N–H and O–H groups in total. The van der Waals surface area contributed by atoms with E-state index in [1.807, 2.05) is 13.0 Å². The number of rotatable bonds is 2. The van der Waals surface area contributed by atoms with Crippen molar-refractivity contribution in [3.63, 3.8) is 0 Å². The maximum atomic E-state index is 6.10. The van der Waals surface area contributed by atoms with Crippen molar-refractivity contribution in [3.05, 3.63) is 58.6 Å². The molecule has 2 aromatic rings. The van der Waals surface area contributed by atoms with Crippen LogP contribution in [0.1, 0.15) is 22.9 Å². The van der Waals surface area contributed by atoms with E-state index in [1.54, 1.807) is 30.7 Å². The van der Waals surface area contributed by atoms with E-state index >= 15 is 0 Å². The van der Waals surface area contributed by atoms with Gasteiger partial charge in [0.15, 0.2) is 0 Å². The molecule has 1 unspecified atom stereocenters. The highest BCUT2D eigenvalue weighted by Crippen LogP contribution is 2.23. The normalized spacial score (nSPS) is 12.4. The molecule has 0 fully saturated rings. The topological polar surface area (TPSA) is 51.8 Å². The van der Waals surface area contributed by atoms with Gasteiger partial charge < -0.3 is 5.73 Å². The van der Waals surface area contributed by atoms with E-state index in [-0.39, 0.29) is 6.04 Å². The van der Waals surface area contributed by atoms with E-state index in [1.165, 1.54) is 0 Å². The van der Waals surface area contributed by atoms with Crippen LogP contribution < -0.4 is 5.73 Å². The summed E-state index contributed by atoms with van der Waals surface area (Å²) < 4.78 is 0. The first-order valence-corrected chi connectivity index (χ1v) is 5.34. The van der Waals surface area contributed by atoms with E-state index in [2.05, 4.69) is 9.97 Å². The molecule has 0 radical (unpaired) electrons. The van der Waals surface area contributed by atoms with Crippen molar-refractivity contribution in [2.45, 2.75) is 13.0 Å². The summed E-state index contributed by atoms with van der Waals surface area (Å²) in [6.45, 7) is 1.98. The standard InChI is InChI=1S/C12H12ClN3/c1-8-5-9(7-15-6-8)11(14)12-10(13)3-2-4-16-12/h2-7,11H,14H2,1H3. The van der Waals surface area contributed by atoms with Crippen molar-refractivity contribution < 1.29 is 0 Å². The van der Waals surface area contributed by atoms with Gasteiger partial charge in [0.05, 0.1) is 16.8 Å². The van der Waals surface area contributed by atoms with Crippen LogP contribution in [-0.2, 0) is 0 Å². The molecule has 1 atom stereocenters. The van der Waals surface area contributed by atoms with Crippen molar-refractivity contribution in [1.82, 2.24) is 9.97 Å². The number of pyridine rings is 2. The first kappa shape index (κ1) is 11.0. The Bertz CT molecular complexity index is 499. The second-order valence-electron chi connectivity index (χ2n) is 3.64. The highest BCUT2D eigenvalue weighted by Gasteiger charge is 2.13. The lowest BCUT2D eigenvalue weighted by Crippen LogP contribution is -2.14. The predicted octanol–water partition coefficient (Wildman–Crippen LogP) is 2.49. The molecular weight excluding hydrogens is 222 g/mol. The van der Waals surface area contributed by atoms with Gasteiger partial charge in [-0.15, -0.1) is 0 Å². The first-order chi connectivity index (χ1) is 7.68. The molecule has 2 rings (SSSR count). The van der Waals surface area contributed by atoms with Gasteiger partial charge in [-0.3, -0.25) is 9.97 Å². The molecule has 0 aliphatic heterocycles. The minimum absolute atomic E-state index is 0.332. The summed E-state index contributed by atoms with van der Waals surface area (Å²) in [5.74, 6) is 0. The quantitative estimate of drug-likeness (QED) is 0.867. The number of nitrogens with zero attached hydrogens (tertiary/aromatic N) is 2. The fourth-order valence-corrected chi connectivity index (χ4v) is 1.77. The van der Waals surface area contributed by atoms with Crippen LogP contribution in [0, 0.1) is 6.92 Å². The Morgan fingerprint density at radius 3 is 2.88 bits per heavy atom. The molecule has 0 spiro atoms. The lowest BCUT2D eigenvalue weighted by atomic mass is 10.0. The Hall–Kier alpha value is -1.45. The second-order valence-corrected chi connectivity index (χ2v) is 4.05. The van der Waals surface area contributed by atoms with Gasteiger partial charge in [0.1, 0.15) is 0 Å². The van der Waals surface area contributed by atoms with Crippen molar-refractivity contribution in [2.75, 3.05) is 0 Å². The van der Waals surface area contributed by atoms with Gasteiger partial charge in [-0.2, -0.15) is 0 Å². The van der Waals surface area contributed by atoms with E-state index in [0.717, 1.165) is 11.1 Å². The molecule has 2 heterocycles. The zero-order valence-electron chi connectivity index (χ0n) is 8.89. The monoisotopic (exact) mass is 233 g/mol. The zero-order chi connectivity index (χ0) is 11.5. The lowest BCUT2D eigenvalue weighted by molar-refractivity contribution is 0.821. The third-order valence-electron chi connectivity index (χ3n) is 2.34.